The highest BCUT2D eigenvalue weighted by atomic mass is 35.5. The van der Waals surface area contributed by atoms with Crippen molar-refractivity contribution < 1.29 is 12.8 Å². The van der Waals surface area contributed by atoms with Gasteiger partial charge in [0.05, 0.1) is 10.9 Å². The van der Waals surface area contributed by atoms with Crippen LogP contribution in [0, 0.1) is 5.82 Å². The number of fused-ring (bicyclic) bond motifs is 1. The third-order valence-electron chi connectivity index (χ3n) is 4.65. The van der Waals surface area contributed by atoms with Crippen LogP contribution in [0.25, 0.3) is 0 Å². The summed E-state index contributed by atoms with van der Waals surface area (Å²) in [6.07, 6.45) is 1.90. The van der Waals surface area contributed by atoms with E-state index in [-0.39, 0.29) is 11.4 Å². The number of sulfonamides is 1. The number of hydrogen-bond acceptors (Lipinski definition) is 2. The van der Waals surface area contributed by atoms with Crippen molar-refractivity contribution in [1.82, 2.24) is 8.87 Å². The Bertz CT molecular complexity index is 1110. The maximum Gasteiger partial charge on any atom is 0.244 e. The number of halogens is 3. The fraction of sp³-hybridized carbons (Fsp3) is 0.158. The molecule has 1 aliphatic rings. The average molecular weight is 425 g/mol. The lowest BCUT2D eigenvalue weighted by Crippen LogP contribution is -2.42. The zero-order valence-corrected chi connectivity index (χ0v) is 16.3. The average Bonchev–Trinajstić information content (AvgIpc) is 3.10. The van der Waals surface area contributed by atoms with Crippen LogP contribution in [-0.4, -0.2) is 23.8 Å². The van der Waals surface area contributed by atoms with Gasteiger partial charge in [-0.25, -0.2) is 12.8 Å². The minimum atomic E-state index is -3.94. The number of aromatic nitrogens is 1. The molecule has 140 valence electrons. The molecule has 0 saturated carbocycles. The summed E-state index contributed by atoms with van der Waals surface area (Å²) in [5, 5.41) is 0.844. The Labute approximate surface area is 166 Å². The summed E-state index contributed by atoms with van der Waals surface area (Å²) in [5.41, 5.74) is 1.42. The molecule has 3 aromatic rings. The van der Waals surface area contributed by atoms with Crippen LogP contribution in [0.15, 0.2) is 65.7 Å². The first-order chi connectivity index (χ1) is 12.9. The molecular formula is C19H15Cl2FN2O2S. The van der Waals surface area contributed by atoms with Crippen LogP contribution in [0.1, 0.15) is 17.3 Å². The summed E-state index contributed by atoms with van der Waals surface area (Å²) >= 11 is 12.4. The second-order valence-corrected chi connectivity index (χ2v) is 9.00. The van der Waals surface area contributed by atoms with Gasteiger partial charge in [0, 0.05) is 35.0 Å². The standard InChI is InChI=1S/C19H15Cl2FN2O2S/c20-13-6-7-16(17(21)11-13)19-18-5-2-8-23(18)9-10-24(19)27(25,26)15-4-1-3-14(22)12-15/h1-8,11-12,19H,9-10H2. The van der Waals surface area contributed by atoms with E-state index in [4.69, 9.17) is 23.2 Å². The predicted octanol–water partition coefficient (Wildman–Crippen LogP) is 4.73. The van der Waals surface area contributed by atoms with E-state index in [1.807, 2.05) is 22.9 Å². The Balaban J connectivity index is 1.89. The maximum absolute atomic E-state index is 13.7. The van der Waals surface area contributed by atoms with E-state index in [9.17, 15) is 12.8 Å². The quantitative estimate of drug-likeness (QED) is 0.609. The second-order valence-electron chi connectivity index (χ2n) is 6.27. The molecule has 4 nitrogen and oxygen atoms in total. The molecule has 27 heavy (non-hydrogen) atoms. The molecule has 4 rings (SSSR count). The highest BCUT2D eigenvalue weighted by Gasteiger charge is 2.38. The fourth-order valence-electron chi connectivity index (χ4n) is 3.42. The molecule has 0 N–H and O–H groups in total. The molecule has 1 aliphatic heterocycles. The lowest BCUT2D eigenvalue weighted by molar-refractivity contribution is 0.298. The van der Waals surface area contributed by atoms with E-state index in [2.05, 4.69) is 0 Å². The van der Waals surface area contributed by atoms with Crippen molar-refractivity contribution in [3.63, 3.8) is 0 Å². The highest BCUT2D eigenvalue weighted by molar-refractivity contribution is 7.89. The highest BCUT2D eigenvalue weighted by Crippen LogP contribution is 2.40. The molecule has 0 radical (unpaired) electrons. The summed E-state index contributed by atoms with van der Waals surface area (Å²) in [5.74, 6) is -0.600. The molecule has 1 unspecified atom stereocenters. The van der Waals surface area contributed by atoms with Gasteiger partial charge in [0.25, 0.3) is 0 Å². The van der Waals surface area contributed by atoms with Gasteiger partial charge in [0.2, 0.25) is 10.0 Å². The zero-order valence-electron chi connectivity index (χ0n) is 14.0. The summed E-state index contributed by atoms with van der Waals surface area (Å²) in [7, 11) is -3.94. The SMILES string of the molecule is O=S(=O)(c1cccc(F)c1)N1CCn2cccc2C1c1ccc(Cl)cc1Cl. The topological polar surface area (TPSA) is 42.3 Å². The lowest BCUT2D eigenvalue weighted by atomic mass is 10.0. The van der Waals surface area contributed by atoms with Gasteiger partial charge in [-0.2, -0.15) is 4.31 Å². The molecule has 0 amide bonds. The Morgan fingerprint density at radius 1 is 1.00 bits per heavy atom. The molecule has 2 aromatic carbocycles. The predicted molar refractivity (Wildman–Crippen MR) is 103 cm³/mol. The van der Waals surface area contributed by atoms with E-state index < -0.39 is 21.9 Å². The van der Waals surface area contributed by atoms with E-state index in [0.29, 0.717) is 22.2 Å². The Morgan fingerprint density at radius 2 is 1.81 bits per heavy atom. The Hall–Kier alpha value is -1.86. The van der Waals surface area contributed by atoms with Gasteiger partial charge < -0.3 is 4.57 Å². The molecule has 1 atom stereocenters. The van der Waals surface area contributed by atoms with Crippen LogP contribution in [0.4, 0.5) is 4.39 Å². The van der Waals surface area contributed by atoms with Crippen LogP contribution in [-0.2, 0) is 16.6 Å². The second kappa shape index (κ2) is 6.95. The van der Waals surface area contributed by atoms with Crippen molar-refractivity contribution in [2.75, 3.05) is 6.54 Å². The number of rotatable bonds is 3. The molecule has 0 fully saturated rings. The molecule has 0 bridgehead atoms. The van der Waals surface area contributed by atoms with E-state index >= 15 is 0 Å². The molecular weight excluding hydrogens is 410 g/mol. The molecule has 0 aliphatic carbocycles. The smallest absolute Gasteiger partial charge is 0.244 e. The molecule has 0 spiro atoms. The van der Waals surface area contributed by atoms with Crippen LogP contribution in [0.2, 0.25) is 10.0 Å². The number of benzene rings is 2. The minimum absolute atomic E-state index is 0.0856. The van der Waals surface area contributed by atoms with E-state index in [1.165, 1.54) is 22.5 Å². The van der Waals surface area contributed by atoms with Crippen molar-refractivity contribution in [2.45, 2.75) is 17.5 Å². The first kappa shape index (κ1) is 18.5. The van der Waals surface area contributed by atoms with Crippen LogP contribution >= 0.6 is 23.2 Å². The minimum Gasteiger partial charge on any atom is -0.348 e. The fourth-order valence-corrected chi connectivity index (χ4v) is 5.54. The summed E-state index contributed by atoms with van der Waals surface area (Å²) in [6, 6.07) is 13.1. The molecule has 8 heteroatoms. The van der Waals surface area contributed by atoms with Gasteiger partial charge >= 0.3 is 0 Å². The van der Waals surface area contributed by atoms with Crippen molar-refractivity contribution in [3.8, 4) is 0 Å². The number of nitrogens with zero attached hydrogens (tertiary/aromatic N) is 2. The van der Waals surface area contributed by atoms with Gasteiger partial charge in [-0.3, -0.25) is 0 Å². The van der Waals surface area contributed by atoms with E-state index in [0.717, 1.165) is 11.8 Å². The van der Waals surface area contributed by atoms with Crippen molar-refractivity contribution in [2.24, 2.45) is 0 Å². The van der Waals surface area contributed by atoms with Gasteiger partial charge in [0.15, 0.2) is 0 Å². The lowest BCUT2D eigenvalue weighted by Gasteiger charge is -2.36. The van der Waals surface area contributed by atoms with Gasteiger partial charge in [-0.05, 0) is 48.0 Å². The van der Waals surface area contributed by atoms with Gasteiger partial charge in [-0.1, -0.05) is 35.3 Å². The van der Waals surface area contributed by atoms with Crippen molar-refractivity contribution >= 4 is 33.2 Å². The molecule has 0 saturated heterocycles. The maximum atomic E-state index is 13.7. The Morgan fingerprint density at radius 3 is 2.56 bits per heavy atom. The van der Waals surface area contributed by atoms with Gasteiger partial charge in [-0.15, -0.1) is 0 Å². The normalized spacial score (nSPS) is 17.7. The largest absolute Gasteiger partial charge is 0.348 e. The zero-order chi connectivity index (χ0) is 19.2. The van der Waals surface area contributed by atoms with Crippen LogP contribution < -0.4 is 0 Å². The summed E-state index contributed by atoms with van der Waals surface area (Å²) < 4.78 is 43.6. The summed E-state index contributed by atoms with van der Waals surface area (Å²) in [6.45, 7) is 0.739. The van der Waals surface area contributed by atoms with Crippen LogP contribution in [0.3, 0.4) is 0 Å². The molecule has 1 aromatic heterocycles. The molecule has 2 heterocycles. The van der Waals surface area contributed by atoms with Gasteiger partial charge in [0.1, 0.15) is 5.82 Å². The van der Waals surface area contributed by atoms with Crippen LogP contribution in [0.5, 0.6) is 0 Å². The monoisotopic (exact) mass is 424 g/mol. The third kappa shape index (κ3) is 3.27. The van der Waals surface area contributed by atoms with Crippen molar-refractivity contribution in [3.05, 3.63) is 87.9 Å². The van der Waals surface area contributed by atoms with E-state index in [1.54, 1.807) is 18.2 Å². The Kier molecular flexibility index (Phi) is 4.76. The first-order valence-corrected chi connectivity index (χ1v) is 10.4. The van der Waals surface area contributed by atoms with Crippen molar-refractivity contribution in [1.29, 1.82) is 0 Å². The number of hydrogen-bond donors (Lipinski definition) is 0. The third-order valence-corrected chi connectivity index (χ3v) is 7.08. The summed E-state index contributed by atoms with van der Waals surface area (Å²) in [4.78, 5) is -0.0856. The first-order valence-electron chi connectivity index (χ1n) is 8.25.